The number of aryl methyl sites for hydroxylation is 1. The fraction of sp³-hybridized carbons (Fsp3) is 0.556. The van der Waals surface area contributed by atoms with Crippen LogP contribution in [0.4, 0.5) is 0 Å². The second-order valence-corrected chi connectivity index (χ2v) is 9.17. The van der Waals surface area contributed by atoms with Crippen LogP contribution in [-0.4, -0.2) is 4.98 Å². The number of hydrogen-bond acceptors (Lipinski definition) is 0. The van der Waals surface area contributed by atoms with E-state index in [1.54, 1.807) is 26.3 Å². The van der Waals surface area contributed by atoms with Crippen molar-refractivity contribution in [2.45, 2.75) is 58.6 Å². The van der Waals surface area contributed by atoms with Gasteiger partial charge in [0.25, 0.3) is 0 Å². The molecule has 22 heavy (non-hydrogen) atoms. The third kappa shape index (κ3) is 2.40. The Kier molecular flexibility index (Phi) is 5.95. The van der Waals surface area contributed by atoms with Crippen LogP contribution in [-0.2, 0) is 19.2 Å². The van der Waals surface area contributed by atoms with E-state index in [-0.39, 0.29) is 44.0 Å². The maximum atomic E-state index is 3.70. The van der Waals surface area contributed by atoms with Gasteiger partial charge in [-0.25, -0.2) is 0 Å². The summed E-state index contributed by atoms with van der Waals surface area (Å²) in [5, 5.41) is 0. The molecule has 2 aliphatic carbocycles. The molecule has 1 heterocycles. The van der Waals surface area contributed by atoms with Crippen molar-refractivity contribution in [3.63, 3.8) is 0 Å². The van der Waals surface area contributed by atoms with Gasteiger partial charge in [0.15, 0.2) is 0 Å². The zero-order chi connectivity index (χ0) is 14.8. The van der Waals surface area contributed by atoms with Crippen LogP contribution in [0.2, 0.25) is 3.72 Å². The summed E-state index contributed by atoms with van der Waals surface area (Å²) in [6.07, 6.45) is 1.32. The van der Waals surface area contributed by atoms with Gasteiger partial charge in [0.05, 0.1) is 0 Å². The van der Waals surface area contributed by atoms with Gasteiger partial charge in [-0.05, 0) is 0 Å². The standard InChI is InChI=1S/C11H15.C7H10N.2ClH.Ti/c1-6-5-10-8(3)7(2)9(4)11(6)10;1-5-4-8-7(3)6(5)2;;;/h6H,5H2,1-4H3;8H,1-3H3;2*1H;/q;;;;+2/p-2. The molecule has 2 unspecified atom stereocenters. The van der Waals surface area contributed by atoms with Gasteiger partial charge in [0.1, 0.15) is 0 Å². The number of rotatable bonds is 2. The molecule has 0 radical (unpaired) electrons. The third-order valence-corrected chi connectivity index (χ3v) is 9.64. The van der Waals surface area contributed by atoms with Gasteiger partial charge >= 0.3 is 132 Å². The summed E-state index contributed by atoms with van der Waals surface area (Å²) in [6, 6.07) is 0. The minimum Gasteiger partial charge on any atom is -1.00 e. The number of nitrogens with one attached hydrogen (secondary N) is 1. The van der Waals surface area contributed by atoms with Gasteiger partial charge in [-0.3, -0.25) is 0 Å². The Labute approximate surface area is 156 Å². The topological polar surface area (TPSA) is 15.8 Å². The number of allylic oxidation sites excluding steroid dienone is 4. The van der Waals surface area contributed by atoms with Crippen molar-refractivity contribution in [1.29, 1.82) is 0 Å². The van der Waals surface area contributed by atoms with E-state index in [2.05, 4.69) is 53.5 Å². The van der Waals surface area contributed by atoms with Crippen LogP contribution < -0.4 is 28.8 Å². The Bertz CT molecular complexity index is 649. The number of fused-ring (bicyclic) bond motifs is 1. The smallest absolute Gasteiger partial charge is 1.00 e. The zero-order valence-electron chi connectivity index (χ0n) is 14.5. The Hall–Kier alpha value is 0.0543. The van der Waals surface area contributed by atoms with Crippen LogP contribution in [0.3, 0.4) is 0 Å². The molecule has 1 saturated carbocycles. The molecule has 0 spiro atoms. The molecular formula is C18H25Cl2NTi. The molecule has 1 fully saturated rings. The van der Waals surface area contributed by atoms with Gasteiger partial charge in [-0.1, -0.05) is 0 Å². The molecule has 0 bridgehead atoms. The van der Waals surface area contributed by atoms with Gasteiger partial charge in [0, 0.05) is 0 Å². The van der Waals surface area contributed by atoms with Crippen molar-refractivity contribution in [2.24, 2.45) is 5.92 Å². The summed E-state index contributed by atoms with van der Waals surface area (Å²) in [6.45, 7) is 16.3. The molecule has 4 heteroatoms. The van der Waals surface area contributed by atoms with Crippen LogP contribution in [0, 0.1) is 26.7 Å². The molecular weight excluding hydrogens is 349 g/mol. The second kappa shape index (κ2) is 6.51. The van der Waals surface area contributed by atoms with Crippen molar-refractivity contribution in [3.8, 4) is 0 Å². The van der Waals surface area contributed by atoms with Crippen LogP contribution in [0.25, 0.3) is 0 Å². The Balaban J connectivity index is 0.00000121. The van der Waals surface area contributed by atoms with E-state index in [0.717, 1.165) is 5.92 Å². The monoisotopic (exact) mass is 373 g/mol. The first-order valence-corrected chi connectivity index (χ1v) is 9.19. The molecule has 2 aliphatic rings. The zero-order valence-corrected chi connectivity index (χ0v) is 17.6. The molecule has 0 saturated heterocycles. The fourth-order valence-corrected chi connectivity index (χ4v) is 7.50. The Morgan fingerprint density at radius 3 is 1.95 bits per heavy atom. The summed E-state index contributed by atoms with van der Waals surface area (Å²) in [7, 11) is 0. The van der Waals surface area contributed by atoms with Crippen molar-refractivity contribution in [1.82, 2.24) is 4.98 Å². The summed E-state index contributed by atoms with van der Waals surface area (Å²) in [4.78, 5) is 3.70. The number of halogens is 2. The second-order valence-electron chi connectivity index (χ2n) is 6.77. The average molecular weight is 374 g/mol. The van der Waals surface area contributed by atoms with E-state index in [9.17, 15) is 0 Å². The molecule has 1 N–H and O–H groups in total. The number of aromatic amines is 1. The maximum absolute atomic E-state index is 3.70. The van der Waals surface area contributed by atoms with Crippen molar-refractivity contribution in [3.05, 3.63) is 39.1 Å². The van der Waals surface area contributed by atoms with E-state index in [1.165, 1.54) is 23.2 Å². The molecule has 0 aromatic carbocycles. The first-order chi connectivity index (χ1) is 9.30. The van der Waals surface area contributed by atoms with Crippen molar-refractivity contribution >= 4 is 4.00 Å². The van der Waals surface area contributed by atoms with E-state index >= 15 is 0 Å². The van der Waals surface area contributed by atoms with Crippen molar-refractivity contribution in [2.75, 3.05) is 0 Å². The molecule has 0 aliphatic heterocycles. The Morgan fingerprint density at radius 2 is 1.55 bits per heavy atom. The largest absolute Gasteiger partial charge is 1.00 e. The molecule has 1 aromatic rings. The fourth-order valence-electron chi connectivity index (χ4n) is 4.09. The molecule has 2 atom stereocenters. The quantitative estimate of drug-likeness (QED) is 0.609. The summed E-state index contributed by atoms with van der Waals surface area (Å²) >= 11 is -0.201. The van der Waals surface area contributed by atoms with Gasteiger partial charge in [0.2, 0.25) is 0 Å². The van der Waals surface area contributed by atoms with Crippen LogP contribution in [0.15, 0.2) is 22.3 Å². The summed E-state index contributed by atoms with van der Waals surface area (Å²) < 4.78 is 2.02. The predicted molar refractivity (Wildman–Crippen MR) is 82.2 cm³/mol. The summed E-state index contributed by atoms with van der Waals surface area (Å²) in [5.74, 6) is 0.827. The summed E-state index contributed by atoms with van der Waals surface area (Å²) in [5.41, 5.74) is 11.0. The van der Waals surface area contributed by atoms with E-state index in [1.807, 2.05) is 0 Å². The minimum absolute atomic E-state index is 0. The van der Waals surface area contributed by atoms with E-state index in [0.29, 0.717) is 3.72 Å². The normalized spacial score (nSPS) is 26.0. The van der Waals surface area contributed by atoms with Gasteiger partial charge in [-0.2, -0.15) is 0 Å². The number of aromatic nitrogens is 1. The van der Waals surface area contributed by atoms with Crippen LogP contribution >= 0.6 is 0 Å². The van der Waals surface area contributed by atoms with E-state index < -0.39 is 0 Å². The molecule has 3 rings (SSSR count). The first-order valence-electron chi connectivity index (χ1n) is 7.63. The number of hydrogen-bond donors (Lipinski definition) is 1. The predicted octanol–water partition coefficient (Wildman–Crippen LogP) is -1.48. The SMILES string of the molecule is CC1=C(C)[C]2([Ti+2][c]3[nH]c(C)c(C)c3C)C(=C1C)CC2C.[Cl-].[Cl-]. The minimum atomic E-state index is -0.201. The molecule has 120 valence electrons. The van der Waals surface area contributed by atoms with Gasteiger partial charge < -0.3 is 24.8 Å². The third-order valence-electron chi connectivity index (χ3n) is 6.03. The Morgan fingerprint density at radius 1 is 0.955 bits per heavy atom. The molecule has 0 amide bonds. The van der Waals surface area contributed by atoms with E-state index in [4.69, 9.17) is 0 Å². The van der Waals surface area contributed by atoms with Gasteiger partial charge in [-0.15, -0.1) is 0 Å². The first kappa shape index (κ1) is 20.1. The number of H-pyrrole nitrogens is 1. The average Bonchev–Trinajstić information content (AvgIpc) is 2.73. The molecule has 1 nitrogen and oxygen atoms in total. The van der Waals surface area contributed by atoms with Crippen molar-refractivity contribution < 1.29 is 44.0 Å². The maximum Gasteiger partial charge on any atom is -1.00 e. The van der Waals surface area contributed by atoms with Crippen LogP contribution in [0.1, 0.15) is 50.9 Å². The molecule has 1 aromatic heterocycles. The van der Waals surface area contributed by atoms with Crippen LogP contribution in [0.5, 0.6) is 0 Å².